The minimum atomic E-state index is -0.410. The van der Waals surface area contributed by atoms with Crippen LogP contribution in [-0.2, 0) is 6.54 Å². The zero-order valence-electron chi connectivity index (χ0n) is 19.9. The molecule has 5 rings (SSSR count). The van der Waals surface area contributed by atoms with Gasteiger partial charge >= 0.3 is 6.03 Å². The first kappa shape index (κ1) is 23.5. The van der Waals surface area contributed by atoms with Gasteiger partial charge in [-0.05, 0) is 55.7 Å². The predicted molar refractivity (Wildman–Crippen MR) is 138 cm³/mol. The Bertz CT molecular complexity index is 1450. The van der Waals surface area contributed by atoms with Crippen LogP contribution in [-0.4, -0.2) is 39.7 Å². The van der Waals surface area contributed by atoms with Gasteiger partial charge in [-0.2, -0.15) is 0 Å². The molecule has 0 unspecified atom stereocenters. The average molecular weight is 487 g/mol. The molecule has 0 atom stereocenters. The van der Waals surface area contributed by atoms with Crippen molar-refractivity contribution in [1.82, 2.24) is 19.9 Å². The highest BCUT2D eigenvalue weighted by Gasteiger charge is 2.25. The number of anilines is 2. The number of carbonyl (C=O) groups is 1. The van der Waals surface area contributed by atoms with Crippen molar-refractivity contribution in [3.63, 3.8) is 0 Å². The van der Waals surface area contributed by atoms with Crippen LogP contribution in [0.25, 0.3) is 11.2 Å². The fraction of sp³-hybridized carbons (Fsp3) is 0.259. The smallest absolute Gasteiger partial charge is 0.319 e. The number of nitrogens with zero attached hydrogens (tertiary/aromatic N) is 4. The largest absolute Gasteiger partial charge is 0.352 e. The van der Waals surface area contributed by atoms with E-state index in [9.17, 15) is 14.0 Å². The number of urea groups is 1. The maximum absolute atomic E-state index is 13.6. The highest BCUT2D eigenvalue weighted by Crippen LogP contribution is 2.19. The Morgan fingerprint density at radius 2 is 1.86 bits per heavy atom. The van der Waals surface area contributed by atoms with E-state index in [1.54, 1.807) is 22.9 Å². The number of rotatable bonds is 5. The van der Waals surface area contributed by atoms with Crippen molar-refractivity contribution in [2.24, 2.45) is 0 Å². The first-order valence-corrected chi connectivity index (χ1v) is 12.0. The van der Waals surface area contributed by atoms with Crippen LogP contribution < -0.4 is 21.1 Å². The van der Waals surface area contributed by atoms with Crippen LogP contribution in [0.4, 0.5) is 20.7 Å². The Morgan fingerprint density at radius 3 is 2.61 bits per heavy atom. The van der Waals surface area contributed by atoms with Crippen molar-refractivity contribution < 1.29 is 9.18 Å². The molecule has 0 spiro atoms. The number of nitrogens with one attached hydrogen (secondary N) is 2. The lowest BCUT2D eigenvalue weighted by Gasteiger charge is -2.33. The van der Waals surface area contributed by atoms with Gasteiger partial charge < -0.3 is 15.5 Å². The van der Waals surface area contributed by atoms with E-state index >= 15 is 0 Å². The number of aromatic nitrogens is 3. The Hall–Kier alpha value is -4.27. The number of pyridine rings is 1. The van der Waals surface area contributed by atoms with Crippen LogP contribution in [0.3, 0.4) is 0 Å². The summed E-state index contributed by atoms with van der Waals surface area (Å²) < 4.78 is 15.0. The summed E-state index contributed by atoms with van der Waals surface area (Å²) in [6, 6.07) is 17.1. The fourth-order valence-corrected chi connectivity index (χ4v) is 4.45. The zero-order chi connectivity index (χ0) is 25.1. The van der Waals surface area contributed by atoms with E-state index in [1.165, 1.54) is 12.1 Å². The number of carbonyl (C=O) groups excluding carboxylic acids is 1. The minimum absolute atomic E-state index is 0.0632. The Labute approximate surface area is 207 Å². The van der Waals surface area contributed by atoms with Gasteiger partial charge in [-0.15, -0.1) is 0 Å². The number of benzene rings is 2. The molecule has 0 aliphatic carbocycles. The van der Waals surface area contributed by atoms with E-state index in [2.05, 4.69) is 20.6 Å². The quantitative estimate of drug-likeness (QED) is 0.444. The number of aryl methyl sites for hydroxylation is 1. The molecule has 0 radical (unpaired) electrons. The summed E-state index contributed by atoms with van der Waals surface area (Å²) in [5.41, 5.74) is 3.60. The molecular formula is C27H27FN6O2. The van der Waals surface area contributed by atoms with Gasteiger partial charge in [0.2, 0.25) is 0 Å². The summed E-state index contributed by atoms with van der Waals surface area (Å²) in [4.78, 5) is 37.0. The van der Waals surface area contributed by atoms with E-state index in [0.29, 0.717) is 55.1 Å². The highest BCUT2D eigenvalue weighted by molar-refractivity contribution is 5.89. The molecule has 1 saturated heterocycles. The van der Waals surface area contributed by atoms with Gasteiger partial charge in [0, 0.05) is 31.0 Å². The van der Waals surface area contributed by atoms with Crippen molar-refractivity contribution in [2.45, 2.75) is 32.4 Å². The number of hydrogen-bond donors (Lipinski definition) is 2. The van der Waals surface area contributed by atoms with Crippen LogP contribution >= 0.6 is 0 Å². The first-order chi connectivity index (χ1) is 17.5. The van der Waals surface area contributed by atoms with Crippen molar-refractivity contribution in [2.75, 3.05) is 23.3 Å². The van der Waals surface area contributed by atoms with Gasteiger partial charge in [0.1, 0.15) is 11.3 Å². The molecule has 0 bridgehead atoms. The summed E-state index contributed by atoms with van der Waals surface area (Å²) >= 11 is 0. The molecular weight excluding hydrogens is 459 g/mol. The van der Waals surface area contributed by atoms with Crippen LogP contribution in [0.15, 0.2) is 71.7 Å². The number of fused-ring (bicyclic) bond motifs is 1. The van der Waals surface area contributed by atoms with E-state index in [4.69, 9.17) is 0 Å². The standard InChI is InChI=1S/C27H27FN6O2/c1-18-7-9-19(10-8-18)17-34-24-23(6-3-13-29-24)32-25(26(34)35)33-14-11-21(12-15-33)30-27(36)31-22-5-2-4-20(28)16-22/h2-10,13,16,21H,11-12,14-15,17H2,1H3,(H2,30,31,36). The monoisotopic (exact) mass is 486 g/mol. The van der Waals surface area contributed by atoms with Gasteiger partial charge in [0.25, 0.3) is 5.56 Å². The van der Waals surface area contributed by atoms with Gasteiger partial charge in [0.05, 0.1) is 6.54 Å². The Morgan fingerprint density at radius 1 is 1.08 bits per heavy atom. The second-order valence-electron chi connectivity index (χ2n) is 9.03. The molecule has 184 valence electrons. The zero-order valence-corrected chi connectivity index (χ0v) is 19.9. The maximum Gasteiger partial charge on any atom is 0.319 e. The summed E-state index contributed by atoms with van der Waals surface area (Å²) in [5.74, 6) is -0.0162. The van der Waals surface area contributed by atoms with Gasteiger partial charge in [-0.1, -0.05) is 35.9 Å². The van der Waals surface area contributed by atoms with Crippen LogP contribution in [0.5, 0.6) is 0 Å². The van der Waals surface area contributed by atoms with Crippen molar-refractivity contribution in [3.8, 4) is 0 Å². The fourth-order valence-electron chi connectivity index (χ4n) is 4.45. The molecule has 0 saturated carbocycles. The van der Waals surface area contributed by atoms with E-state index < -0.39 is 5.82 Å². The third-order valence-corrected chi connectivity index (χ3v) is 6.36. The molecule has 2 amide bonds. The third kappa shape index (κ3) is 5.19. The van der Waals surface area contributed by atoms with Gasteiger partial charge in [-0.25, -0.2) is 19.2 Å². The van der Waals surface area contributed by atoms with Crippen molar-refractivity contribution in [3.05, 3.63) is 94.2 Å². The minimum Gasteiger partial charge on any atom is -0.352 e. The topological polar surface area (TPSA) is 92.2 Å². The lowest BCUT2D eigenvalue weighted by Crippen LogP contribution is -2.47. The number of hydrogen-bond acceptors (Lipinski definition) is 5. The Balaban J connectivity index is 1.31. The first-order valence-electron chi connectivity index (χ1n) is 12.0. The third-order valence-electron chi connectivity index (χ3n) is 6.36. The molecule has 36 heavy (non-hydrogen) atoms. The molecule has 2 aromatic heterocycles. The van der Waals surface area contributed by atoms with Crippen LogP contribution in [0, 0.1) is 12.7 Å². The molecule has 4 aromatic rings. The van der Waals surface area contributed by atoms with Crippen molar-refractivity contribution in [1.29, 1.82) is 0 Å². The van der Waals surface area contributed by atoms with Crippen LogP contribution in [0.1, 0.15) is 24.0 Å². The van der Waals surface area contributed by atoms with Crippen molar-refractivity contribution >= 4 is 28.7 Å². The van der Waals surface area contributed by atoms with Crippen LogP contribution in [0.2, 0.25) is 0 Å². The lowest BCUT2D eigenvalue weighted by atomic mass is 10.1. The second-order valence-corrected chi connectivity index (χ2v) is 9.03. The predicted octanol–water partition coefficient (Wildman–Crippen LogP) is 4.08. The molecule has 1 aliphatic rings. The number of piperidine rings is 1. The average Bonchev–Trinajstić information content (AvgIpc) is 2.87. The number of halogens is 1. The summed E-state index contributed by atoms with van der Waals surface area (Å²) in [6.07, 6.45) is 2.97. The molecule has 3 heterocycles. The van der Waals surface area contributed by atoms with Gasteiger partial charge in [0.15, 0.2) is 11.5 Å². The molecule has 2 N–H and O–H groups in total. The molecule has 2 aromatic carbocycles. The second kappa shape index (κ2) is 10.2. The SMILES string of the molecule is Cc1ccc(Cn2c(=O)c(N3CCC(NC(=O)Nc4cccc(F)c4)CC3)nc3cccnc32)cc1. The van der Waals surface area contributed by atoms with Gasteiger partial charge in [-0.3, -0.25) is 9.36 Å². The lowest BCUT2D eigenvalue weighted by molar-refractivity contribution is 0.246. The normalized spacial score (nSPS) is 14.1. The summed E-state index contributed by atoms with van der Waals surface area (Å²) in [7, 11) is 0. The molecule has 1 fully saturated rings. The van der Waals surface area contributed by atoms with E-state index in [0.717, 1.165) is 11.1 Å². The molecule has 9 heteroatoms. The summed E-state index contributed by atoms with van der Waals surface area (Å²) in [6.45, 7) is 3.58. The van der Waals surface area contributed by atoms with E-state index in [1.807, 2.05) is 48.2 Å². The molecule has 8 nitrogen and oxygen atoms in total. The Kier molecular flexibility index (Phi) is 6.62. The number of amides is 2. The highest BCUT2D eigenvalue weighted by atomic mass is 19.1. The summed E-state index contributed by atoms with van der Waals surface area (Å²) in [5, 5.41) is 5.60. The maximum atomic E-state index is 13.6. The van der Waals surface area contributed by atoms with E-state index in [-0.39, 0.29) is 17.6 Å². The molecule has 1 aliphatic heterocycles.